The van der Waals surface area contributed by atoms with E-state index in [0.717, 1.165) is 10.4 Å². The van der Waals surface area contributed by atoms with Crippen molar-refractivity contribution >= 4 is 28.6 Å². The van der Waals surface area contributed by atoms with Gasteiger partial charge in [-0.1, -0.05) is 0 Å². The Morgan fingerprint density at radius 2 is 1.76 bits per heavy atom. The van der Waals surface area contributed by atoms with Crippen LogP contribution in [0, 0.1) is 0 Å². The molecule has 0 radical (unpaired) electrons. The Morgan fingerprint density at radius 1 is 1.03 bits per heavy atom. The summed E-state index contributed by atoms with van der Waals surface area (Å²) in [4.78, 5) is 60.2. The third-order valence-electron chi connectivity index (χ3n) is 5.69. The molecule has 3 aromatic rings. The SMILES string of the molecule is CCOC(=O)c1ccc(N2CCN(C(=O)c3ccc4c(=O)n(CC)c(=O)[nH]c4c3)CC2)nc1. The Kier molecular flexibility index (Phi) is 6.25. The fourth-order valence-corrected chi connectivity index (χ4v) is 3.90. The van der Waals surface area contributed by atoms with Gasteiger partial charge in [0.25, 0.3) is 11.5 Å². The van der Waals surface area contributed by atoms with Gasteiger partial charge >= 0.3 is 11.7 Å². The average molecular weight is 451 g/mol. The number of anilines is 1. The maximum atomic E-state index is 13.0. The first-order valence-electron chi connectivity index (χ1n) is 10.9. The van der Waals surface area contributed by atoms with Crippen LogP contribution in [0.25, 0.3) is 10.9 Å². The second-order valence-electron chi connectivity index (χ2n) is 7.64. The fourth-order valence-electron chi connectivity index (χ4n) is 3.90. The van der Waals surface area contributed by atoms with Gasteiger partial charge in [0, 0.05) is 44.5 Å². The van der Waals surface area contributed by atoms with Crippen LogP contribution in [0.15, 0.2) is 46.1 Å². The lowest BCUT2D eigenvalue weighted by molar-refractivity contribution is 0.0525. The van der Waals surface area contributed by atoms with E-state index in [-0.39, 0.29) is 18.0 Å². The van der Waals surface area contributed by atoms with Gasteiger partial charge in [-0.05, 0) is 44.2 Å². The monoisotopic (exact) mass is 451 g/mol. The number of aromatic nitrogens is 3. The standard InChI is InChI=1S/C23H25N5O5/c1-3-28-21(30)17-7-5-15(13-18(17)25-23(28)32)20(29)27-11-9-26(10-12-27)19-8-6-16(14-24-19)22(31)33-4-2/h5-8,13-14H,3-4,9-12H2,1-2H3,(H,25,32). The van der Waals surface area contributed by atoms with Gasteiger partial charge in [-0.2, -0.15) is 0 Å². The summed E-state index contributed by atoms with van der Waals surface area (Å²) in [7, 11) is 0. The zero-order valence-corrected chi connectivity index (χ0v) is 18.5. The predicted molar refractivity (Wildman–Crippen MR) is 123 cm³/mol. The molecule has 1 fully saturated rings. The number of ether oxygens (including phenoxy) is 1. The molecule has 0 unspecified atom stereocenters. The number of pyridine rings is 1. The molecular formula is C23H25N5O5. The highest BCUT2D eigenvalue weighted by molar-refractivity contribution is 5.97. The minimum Gasteiger partial charge on any atom is -0.462 e. The highest BCUT2D eigenvalue weighted by atomic mass is 16.5. The van der Waals surface area contributed by atoms with Crippen molar-refractivity contribution in [2.24, 2.45) is 0 Å². The Balaban J connectivity index is 1.45. The summed E-state index contributed by atoms with van der Waals surface area (Å²) in [6, 6.07) is 8.21. The molecule has 3 heterocycles. The van der Waals surface area contributed by atoms with E-state index in [9.17, 15) is 19.2 Å². The molecule has 4 rings (SSSR count). The normalized spacial score (nSPS) is 13.9. The maximum absolute atomic E-state index is 13.0. The number of amides is 1. The van der Waals surface area contributed by atoms with Crippen LogP contribution in [0.4, 0.5) is 5.82 Å². The number of rotatable bonds is 5. The molecule has 172 valence electrons. The quantitative estimate of drug-likeness (QED) is 0.580. The minimum atomic E-state index is -0.491. The van der Waals surface area contributed by atoms with Crippen molar-refractivity contribution in [3.8, 4) is 0 Å². The first kappa shape index (κ1) is 22.3. The summed E-state index contributed by atoms with van der Waals surface area (Å²) in [6.45, 7) is 6.21. The highest BCUT2D eigenvalue weighted by Crippen LogP contribution is 2.17. The highest BCUT2D eigenvalue weighted by Gasteiger charge is 2.23. The van der Waals surface area contributed by atoms with E-state index in [0.29, 0.717) is 54.8 Å². The predicted octanol–water partition coefficient (Wildman–Crippen LogP) is 1.24. The van der Waals surface area contributed by atoms with E-state index in [1.54, 1.807) is 49.1 Å². The molecule has 0 atom stereocenters. The zero-order chi connectivity index (χ0) is 23.5. The minimum absolute atomic E-state index is 0.164. The third-order valence-corrected chi connectivity index (χ3v) is 5.69. The van der Waals surface area contributed by atoms with Crippen LogP contribution in [0.2, 0.25) is 0 Å². The molecule has 0 aliphatic carbocycles. The molecule has 1 aromatic carbocycles. The molecule has 2 aromatic heterocycles. The van der Waals surface area contributed by atoms with Gasteiger partial charge in [0.05, 0.1) is 23.1 Å². The number of carbonyl (C=O) groups excluding carboxylic acids is 2. The second kappa shape index (κ2) is 9.27. The van der Waals surface area contributed by atoms with E-state index in [2.05, 4.69) is 9.97 Å². The molecule has 1 aliphatic rings. The van der Waals surface area contributed by atoms with Gasteiger partial charge in [0.2, 0.25) is 0 Å². The Morgan fingerprint density at radius 3 is 2.39 bits per heavy atom. The van der Waals surface area contributed by atoms with Crippen LogP contribution < -0.4 is 16.1 Å². The molecular weight excluding hydrogens is 426 g/mol. The summed E-state index contributed by atoms with van der Waals surface area (Å²) in [5, 5.41) is 0.371. The Labute approximate surface area is 189 Å². The fraction of sp³-hybridized carbons (Fsp3) is 0.348. The van der Waals surface area contributed by atoms with Crippen LogP contribution in [-0.2, 0) is 11.3 Å². The van der Waals surface area contributed by atoms with Gasteiger partial charge in [0.1, 0.15) is 5.82 Å². The number of piperazine rings is 1. The van der Waals surface area contributed by atoms with Gasteiger partial charge < -0.3 is 19.5 Å². The molecule has 1 saturated heterocycles. The molecule has 10 heteroatoms. The molecule has 1 N–H and O–H groups in total. The largest absolute Gasteiger partial charge is 0.462 e. The van der Waals surface area contributed by atoms with Crippen LogP contribution in [0.3, 0.4) is 0 Å². The lowest BCUT2D eigenvalue weighted by Gasteiger charge is -2.35. The maximum Gasteiger partial charge on any atom is 0.339 e. The number of hydrogen-bond acceptors (Lipinski definition) is 7. The van der Waals surface area contributed by atoms with E-state index >= 15 is 0 Å². The number of carbonyl (C=O) groups is 2. The molecule has 0 bridgehead atoms. The van der Waals surface area contributed by atoms with Gasteiger partial charge in [-0.3, -0.25) is 14.2 Å². The van der Waals surface area contributed by atoms with Crippen molar-refractivity contribution in [1.29, 1.82) is 0 Å². The number of benzene rings is 1. The van der Waals surface area contributed by atoms with E-state index in [4.69, 9.17) is 4.74 Å². The summed E-state index contributed by atoms with van der Waals surface area (Å²) >= 11 is 0. The van der Waals surface area contributed by atoms with Gasteiger partial charge in [0.15, 0.2) is 0 Å². The van der Waals surface area contributed by atoms with Crippen molar-refractivity contribution < 1.29 is 14.3 Å². The van der Waals surface area contributed by atoms with Crippen LogP contribution >= 0.6 is 0 Å². The summed E-state index contributed by atoms with van der Waals surface area (Å²) in [6.07, 6.45) is 1.49. The third kappa shape index (κ3) is 4.36. The summed E-state index contributed by atoms with van der Waals surface area (Å²) in [5.74, 6) is 0.158. The van der Waals surface area contributed by atoms with Crippen LogP contribution in [0.5, 0.6) is 0 Å². The molecule has 10 nitrogen and oxygen atoms in total. The molecule has 1 amide bonds. The lowest BCUT2D eigenvalue weighted by atomic mass is 10.1. The molecule has 0 saturated carbocycles. The van der Waals surface area contributed by atoms with E-state index in [1.807, 2.05) is 4.90 Å². The number of nitrogens with zero attached hydrogens (tertiary/aromatic N) is 4. The second-order valence-corrected chi connectivity index (χ2v) is 7.64. The topological polar surface area (TPSA) is 118 Å². The van der Waals surface area contributed by atoms with Crippen molar-refractivity contribution in [1.82, 2.24) is 19.4 Å². The summed E-state index contributed by atoms with van der Waals surface area (Å²) < 4.78 is 6.09. The Hall–Kier alpha value is -3.95. The number of aromatic amines is 1. The van der Waals surface area contributed by atoms with Gasteiger partial charge in [-0.25, -0.2) is 14.6 Å². The smallest absolute Gasteiger partial charge is 0.339 e. The van der Waals surface area contributed by atoms with Crippen molar-refractivity contribution in [2.45, 2.75) is 20.4 Å². The number of hydrogen-bond donors (Lipinski definition) is 1. The average Bonchev–Trinajstić information content (AvgIpc) is 2.84. The van der Waals surface area contributed by atoms with E-state index in [1.165, 1.54) is 6.20 Å². The number of esters is 1. The zero-order valence-electron chi connectivity index (χ0n) is 18.5. The van der Waals surface area contributed by atoms with Crippen LogP contribution in [0.1, 0.15) is 34.6 Å². The first-order chi connectivity index (χ1) is 15.9. The number of fused-ring (bicyclic) bond motifs is 1. The summed E-state index contributed by atoms with van der Waals surface area (Å²) in [5.41, 5.74) is 0.303. The van der Waals surface area contributed by atoms with Crippen LogP contribution in [-0.4, -0.2) is 64.1 Å². The molecule has 33 heavy (non-hydrogen) atoms. The number of nitrogens with one attached hydrogen (secondary N) is 1. The van der Waals surface area contributed by atoms with Gasteiger partial charge in [-0.15, -0.1) is 0 Å². The first-order valence-corrected chi connectivity index (χ1v) is 10.9. The molecule has 1 aliphatic heterocycles. The van der Waals surface area contributed by atoms with E-state index < -0.39 is 11.7 Å². The van der Waals surface area contributed by atoms with Crippen molar-refractivity contribution in [2.75, 3.05) is 37.7 Å². The Bertz CT molecular complexity index is 1300. The lowest BCUT2D eigenvalue weighted by Crippen LogP contribution is -2.49. The number of H-pyrrole nitrogens is 1. The van der Waals surface area contributed by atoms with Crippen molar-refractivity contribution in [3.05, 3.63) is 68.5 Å². The van der Waals surface area contributed by atoms with Crippen molar-refractivity contribution in [3.63, 3.8) is 0 Å². The molecule has 0 spiro atoms.